The first-order valence-corrected chi connectivity index (χ1v) is 17.6. The van der Waals surface area contributed by atoms with Crippen LogP contribution >= 0.6 is 0 Å². The number of sulfonamides is 3. The molecule has 1 aromatic rings. The molecule has 0 spiro atoms. The van der Waals surface area contributed by atoms with E-state index in [-0.39, 0.29) is 58.2 Å². The number of hydrogen-bond donors (Lipinski definition) is 3. The van der Waals surface area contributed by atoms with E-state index >= 15 is 0 Å². The van der Waals surface area contributed by atoms with E-state index in [0.717, 1.165) is 12.1 Å². The van der Waals surface area contributed by atoms with Gasteiger partial charge in [-0.25, -0.2) is 39.4 Å². The summed E-state index contributed by atoms with van der Waals surface area (Å²) in [6.07, 6.45) is 4.62. The maximum Gasteiger partial charge on any atom is 0.337 e. The highest BCUT2D eigenvalue weighted by Crippen LogP contribution is 2.40. The maximum atomic E-state index is 13.9. The number of benzene rings is 1. The molecule has 0 fully saturated rings. The largest absolute Gasteiger partial charge is 0.337 e. The quantitative estimate of drug-likeness (QED) is 0.164. The number of unbranched alkanes of at least 4 members (excludes halogenated alkanes) is 9. The van der Waals surface area contributed by atoms with E-state index in [1.54, 1.807) is 0 Å². The normalized spacial score (nSPS) is 12.3. The van der Waals surface area contributed by atoms with E-state index in [4.69, 9.17) is 15.8 Å². The SMILES string of the molecule is N#CCCCCCNS(=O)(=O)C(c1ccccc1)(S(=O)(=O)NCCCCCC#N)S(=O)(=O)NCCCCCC#N. The molecule has 0 aliphatic carbocycles. The lowest BCUT2D eigenvalue weighted by atomic mass is 10.2. The molecule has 0 saturated heterocycles. The molecule has 3 N–H and O–H groups in total. The zero-order chi connectivity index (χ0) is 30.0. The van der Waals surface area contributed by atoms with Crippen molar-refractivity contribution in [3.05, 3.63) is 35.9 Å². The van der Waals surface area contributed by atoms with Crippen molar-refractivity contribution in [1.29, 1.82) is 15.8 Å². The predicted octanol–water partition coefficient (Wildman–Crippen LogP) is 2.81. The van der Waals surface area contributed by atoms with Crippen LogP contribution in [0.1, 0.15) is 82.6 Å². The minimum Gasteiger partial charge on any atom is -0.213 e. The minimum atomic E-state index is -5.15. The van der Waals surface area contributed by atoms with Crippen molar-refractivity contribution >= 4 is 30.1 Å². The molecule has 222 valence electrons. The first-order valence-electron chi connectivity index (χ1n) is 13.2. The van der Waals surface area contributed by atoms with Gasteiger partial charge in [0.05, 0.1) is 18.2 Å². The summed E-state index contributed by atoms with van der Waals surface area (Å²) < 4.78 is 86.6. The highest BCUT2D eigenvalue weighted by molar-refractivity contribution is 8.23. The first-order chi connectivity index (χ1) is 19.0. The van der Waals surface area contributed by atoms with Gasteiger partial charge in [0.25, 0.3) is 30.1 Å². The van der Waals surface area contributed by atoms with Crippen molar-refractivity contribution in [2.75, 3.05) is 19.6 Å². The Kier molecular flexibility index (Phi) is 15.9. The molecule has 0 aliphatic rings. The lowest BCUT2D eigenvalue weighted by molar-refractivity contribution is 0.528. The molecule has 0 amide bonds. The summed E-state index contributed by atoms with van der Waals surface area (Å²) in [6.45, 7) is -0.679. The molecule has 0 heterocycles. The predicted molar refractivity (Wildman–Crippen MR) is 151 cm³/mol. The molecular formula is C25H38N6O6S3. The van der Waals surface area contributed by atoms with Gasteiger partial charge in [-0.15, -0.1) is 0 Å². The Morgan fingerprint density at radius 2 is 0.850 bits per heavy atom. The van der Waals surface area contributed by atoms with Gasteiger partial charge in [0.1, 0.15) is 0 Å². The van der Waals surface area contributed by atoms with Crippen LogP contribution in [-0.2, 0) is 33.5 Å². The van der Waals surface area contributed by atoms with E-state index < -0.39 is 39.0 Å². The molecule has 0 radical (unpaired) electrons. The van der Waals surface area contributed by atoms with Crippen LogP contribution in [-0.4, -0.2) is 44.9 Å². The van der Waals surface area contributed by atoms with Gasteiger partial charge in [-0.1, -0.05) is 49.6 Å². The van der Waals surface area contributed by atoms with Gasteiger partial charge < -0.3 is 0 Å². The third-order valence-electron chi connectivity index (χ3n) is 5.96. The second-order valence-electron chi connectivity index (χ2n) is 9.02. The van der Waals surface area contributed by atoms with Crippen LogP contribution in [0.5, 0.6) is 0 Å². The number of nitrogens with zero attached hydrogens (tertiary/aromatic N) is 3. The van der Waals surface area contributed by atoms with Crippen molar-refractivity contribution in [2.45, 2.75) is 80.5 Å². The summed E-state index contributed by atoms with van der Waals surface area (Å²) in [4.78, 5) is 0. The Morgan fingerprint density at radius 3 is 1.15 bits per heavy atom. The van der Waals surface area contributed by atoms with Crippen molar-refractivity contribution < 1.29 is 25.3 Å². The van der Waals surface area contributed by atoms with Crippen LogP contribution < -0.4 is 14.2 Å². The van der Waals surface area contributed by atoms with Crippen LogP contribution in [0.4, 0.5) is 0 Å². The summed E-state index contributed by atoms with van der Waals surface area (Å²) in [7, 11) is -15.4. The molecule has 0 unspecified atom stereocenters. The molecule has 0 saturated carbocycles. The third-order valence-corrected chi connectivity index (χ3v) is 14.5. The zero-order valence-electron chi connectivity index (χ0n) is 22.5. The van der Waals surface area contributed by atoms with Crippen molar-refractivity contribution in [3.63, 3.8) is 0 Å². The molecule has 40 heavy (non-hydrogen) atoms. The lowest BCUT2D eigenvalue weighted by Gasteiger charge is -2.33. The van der Waals surface area contributed by atoms with E-state index in [1.165, 1.54) is 18.2 Å². The maximum absolute atomic E-state index is 13.9. The fourth-order valence-electron chi connectivity index (χ4n) is 3.96. The Morgan fingerprint density at radius 1 is 0.525 bits per heavy atom. The number of nitrogens with one attached hydrogen (secondary N) is 3. The Balaban J connectivity index is 3.51. The van der Waals surface area contributed by atoms with Crippen molar-refractivity contribution in [1.82, 2.24) is 14.2 Å². The van der Waals surface area contributed by atoms with Crippen LogP contribution in [0.2, 0.25) is 0 Å². The second kappa shape index (κ2) is 18.0. The van der Waals surface area contributed by atoms with Gasteiger partial charge in [-0.05, 0) is 38.5 Å². The van der Waals surface area contributed by atoms with Gasteiger partial charge in [0.15, 0.2) is 0 Å². The van der Waals surface area contributed by atoms with E-state index in [9.17, 15) is 25.3 Å². The smallest absolute Gasteiger partial charge is 0.213 e. The summed E-state index contributed by atoms with van der Waals surface area (Å²) in [6, 6.07) is 12.5. The summed E-state index contributed by atoms with van der Waals surface area (Å²) >= 11 is 0. The average molecular weight is 615 g/mol. The average Bonchev–Trinajstić information content (AvgIpc) is 2.90. The fraction of sp³-hybridized carbons (Fsp3) is 0.640. The van der Waals surface area contributed by atoms with Gasteiger partial charge in [-0.3, -0.25) is 0 Å². The van der Waals surface area contributed by atoms with E-state index in [2.05, 4.69) is 14.2 Å². The lowest BCUT2D eigenvalue weighted by Crippen LogP contribution is -2.61. The standard InChI is InChI=1S/C25H38N6O6S3/c26-18-10-1-4-13-21-29-38(32,33)25(24-16-8-7-9-17-24,39(34,35)30-22-14-5-2-11-19-27)40(36,37)31-23-15-6-3-12-20-28/h7-9,16-17,29-31H,1-6,10-15,21-23H2. The second-order valence-corrected chi connectivity index (χ2v) is 15.5. The van der Waals surface area contributed by atoms with Crippen molar-refractivity contribution in [3.8, 4) is 18.2 Å². The molecule has 0 atom stereocenters. The molecule has 1 rings (SSSR count). The molecule has 0 aromatic heterocycles. The molecular weight excluding hydrogens is 577 g/mol. The van der Waals surface area contributed by atoms with Crippen LogP contribution in [0, 0.1) is 34.0 Å². The highest BCUT2D eigenvalue weighted by Gasteiger charge is 2.66. The van der Waals surface area contributed by atoms with Gasteiger partial charge in [0, 0.05) is 44.5 Å². The topological polar surface area (TPSA) is 210 Å². The number of rotatable bonds is 22. The Hall–Kier alpha value is -2.58. The van der Waals surface area contributed by atoms with Crippen LogP contribution in [0.15, 0.2) is 30.3 Å². The number of nitriles is 3. The van der Waals surface area contributed by atoms with Crippen LogP contribution in [0.25, 0.3) is 0 Å². The zero-order valence-corrected chi connectivity index (χ0v) is 25.0. The highest BCUT2D eigenvalue weighted by atomic mass is 32.3. The molecule has 15 heteroatoms. The molecule has 0 bridgehead atoms. The van der Waals surface area contributed by atoms with Gasteiger partial charge in [0.2, 0.25) is 0 Å². The summed E-state index contributed by atoms with van der Waals surface area (Å²) in [5.74, 6) is 0. The monoisotopic (exact) mass is 614 g/mol. The summed E-state index contributed by atoms with van der Waals surface area (Å²) in [5.41, 5.74) is -0.471. The Bertz CT molecular complexity index is 1210. The van der Waals surface area contributed by atoms with Crippen molar-refractivity contribution in [2.24, 2.45) is 0 Å². The van der Waals surface area contributed by atoms with E-state index in [0.29, 0.717) is 38.5 Å². The first kappa shape index (κ1) is 35.4. The molecule has 12 nitrogen and oxygen atoms in total. The minimum absolute atomic E-state index is 0.226. The molecule has 0 aliphatic heterocycles. The van der Waals surface area contributed by atoms with E-state index in [1.807, 2.05) is 18.2 Å². The molecule has 1 aromatic carbocycles. The van der Waals surface area contributed by atoms with Crippen LogP contribution in [0.3, 0.4) is 0 Å². The van der Waals surface area contributed by atoms with Gasteiger partial charge in [-0.2, -0.15) is 15.8 Å². The van der Waals surface area contributed by atoms with Gasteiger partial charge >= 0.3 is 3.41 Å². The Labute approximate surface area is 238 Å². The number of hydrogen-bond acceptors (Lipinski definition) is 9. The summed E-state index contributed by atoms with van der Waals surface area (Å²) in [5, 5.41) is 26.1. The third kappa shape index (κ3) is 9.81. The fourth-order valence-corrected chi connectivity index (χ4v) is 11.6.